The molecule has 0 aromatic heterocycles. The number of amides is 1. The average molecular weight is 316 g/mol. The number of benzene rings is 1. The van der Waals surface area contributed by atoms with Crippen molar-refractivity contribution in [2.24, 2.45) is 0 Å². The molecule has 2 rings (SSSR count). The summed E-state index contributed by atoms with van der Waals surface area (Å²) in [6, 6.07) is 7.44. The number of carbonyl (C=O) groups excluding carboxylic acids is 1. The summed E-state index contributed by atoms with van der Waals surface area (Å²) in [7, 11) is -2.88. The Morgan fingerprint density at radius 2 is 2.00 bits per heavy atom. The molecule has 1 aromatic carbocycles. The van der Waals surface area contributed by atoms with Crippen LogP contribution in [0.1, 0.15) is 24.8 Å². The topological polar surface area (TPSA) is 63.2 Å². The molecule has 20 heavy (non-hydrogen) atoms. The van der Waals surface area contributed by atoms with Crippen molar-refractivity contribution in [3.63, 3.8) is 0 Å². The highest BCUT2D eigenvalue weighted by molar-refractivity contribution is 7.91. The summed E-state index contributed by atoms with van der Waals surface area (Å²) in [4.78, 5) is 11.8. The van der Waals surface area contributed by atoms with E-state index in [1.54, 1.807) is 6.07 Å². The van der Waals surface area contributed by atoms with Gasteiger partial charge >= 0.3 is 0 Å². The van der Waals surface area contributed by atoms with Crippen molar-refractivity contribution in [1.29, 1.82) is 0 Å². The Labute approximate surface area is 124 Å². The minimum atomic E-state index is -2.88. The summed E-state index contributed by atoms with van der Waals surface area (Å²) in [5.41, 5.74) is 1.03. The van der Waals surface area contributed by atoms with E-state index >= 15 is 0 Å². The molecule has 1 amide bonds. The van der Waals surface area contributed by atoms with E-state index in [1.807, 2.05) is 18.2 Å². The Kier molecular flexibility index (Phi) is 5.05. The fraction of sp³-hybridized carbons (Fsp3) is 0.500. The lowest BCUT2D eigenvalue weighted by Gasteiger charge is -2.23. The van der Waals surface area contributed by atoms with E-state index in [1.165, 1.54) is 0 Å². The van der Waals surface area contributed by atoms with Crippen LogP contribution in [0.2, 0.25) is 5.02 Å². The third-order valence-electron chi connectivity index (χ3n) is 3.45. The third-order valence-corrected chi connectivity index (χ3v) is 5.40. The molecule has 0 atom stereocenters. The largest absolute Gasteiger partial charge is 0.353 e. The maximum Gasteiger partial charge on any atom is 0.220 e. The van der Waals surface area contributed by atoms with Crippen LogP contribution in [0.15, 0.2) is 24.3 Å². The molecule has 1 N–H and O–H groups in total. The monoisotopic (exact) mass is 315 g/mol. The predicted molar refractivity (Wildman–Crippen MR) is 79.6 cm³/mol. The molecule has 1 aliphatic rings. The van der Waals surface area contributed by atoms with Gasteiger partial charge in [-0.15, -0.1) is 0 Å². The molecule has 0 aliphatic carbocycles. The van der Waals surface area contributed by atoms with Gasteiger partial charge in [0, 0.05) is 17.5 Å². The van der Waals surface area contributed by atoms with Crippen LogP contribution in [-0.2, 0) is 21.1 Å². The summed E-state index contributed by atoms with van der Waals surface area (Å²) in [5.74, 6) is 0.313. The van der Waals surface area contributed by atoms with Gasteiger partial charge in [-0.2, -0.15) is 0 Å². The number of rotatable bonds is 4. The van der Waals surface area contributed by atoms with Crippen molar-refractivity contribution in [2.45, 2.75) is 31.7 Å². The number of aryl methyl sites for hydroxylation is 1. The number of hydrogen-bond donors (Lipinski definition) is 1. The lowest BCUT2D eigenvalue weighted by atomic mass is 10.1. The van der Waals surface area contributed by atoms with Gasteiger partial charge in [0.05, 0.1) is 11.5 Å². The molecule has 1 saturated heterocycles. The molecule has 0 unspecified atom stereocenters. The predicted octanol–water partition coefficient (Wildman–Crippen LogP) is 1.97. The van der Waals surface area contributed by atoms with Crippen molar-refractivity contribution in [3.05, 3.63) is 34.9 Å². The Balaban J connectivity index is 1.76. The molecule has 0 bridgehead atoms. The van der Waals surface area contributed by atoms with Gasteiger partial charge in [0.25, 0.3) is 0 Å². The second-order valence-corrected chi connectivity index (χ2v) is 7.86. The highest BCUT2D eigenvalue weighted by Crippen LogP contribution is 2.14. The Hall–Kier alpha value is -1.07. The normalized spacial score (nSPS) is 18.6. The average Bonchev–Trinajstić information content (AvgIpc) is 2.39. The fourth-order valence-electron chi connectivity index (χ4n) is 2.28. The minimum Gasteiger partial charge on any atom is -0.353 e. The zero-order valence-electron chi connectivity index (χ0n) is 11.1. The van der Waals surface area contributed by atoms with Gasteiger partial charge in [0.1, 0.15) is 9.84 Å². The molecule has 1 aliphatic heterocycles. The highest BCUT2D eigenvalue weighted by atomic mass is 35.5. The number of carbonyl (C=O) groups is 1. The molecule has 0 spiro atoms. The Morgan fingerprint density at radius 1 is 1.30 bits per heavy atom. The van der Waals surface area contributed by atoms with E-state index in [0.29, 0.717) is 30.7 Å². The number of sulfone groups is 1. The van der Waals surface area contributed by atoms with Gasteiger partial charge in [0.2, 0.25) is 5.91 Å². The maximum absolute atomic E-state index is 11.8. The lowest BCUT2D eigenvalue weighted by molar-refractivity contribution is -0.121. The lowest BCUT2D eigenvalue weighted by Crippen LogP contribution is -2.40. The SMILES string of the molecule is O=C(CCc1cccc(Cl)c1)NC1CCS(=O)(=O)CC1. The molecular formula is C14H18ClNO3S. The van der Waals surface area contributed by atoms with Crippen molar-refractivity contribution >= 4 is 27.3 Å². The number of halogens is 1. The van der Waals surface area contributed by atoms with Crippen molar-refractivity contribution in [2.75, 3.05) is 11.5 Å². The van der Waals surface area contributed by atoms with E-state index in [4.69, 9.17) is 11.6 Å². The number of hydrogen-bond acceptors (Lipinski definition) is 3. The molecular weight excluding hydrogens is 298 g/mol. The van der Waals surface area contributed by atoms with Gasteiger partial charge in [-0.25, -0.2) is 8.42 Å². The second kappa shape index (κ2) is 6.59. The maximum atomic E-state index is 11.8. The standard InChI is InChI=1S/C14H18ClNO3S/c15-12-3-1-2-11(10-12)4-5-14(17)16-13-6-8-20(18,19)9-7-13/h1-3,10,13H,4-9H2,(H,16,17). The zero-order valence-corrected chi connectivity index (χ0v) is 12.7. The van der Waals surface area contributed by atoms with Gasteiger partial charge in [-0.05, 0) is 37.0 Å². The van der Waals surface area contributed by atoms with Crippen LogP contribution < -0.4 is 5.32 Å². The summed E-state index contributed by atoms with van der Waals surface area (Å²) >= 11 is 5.89. The molecule has 6 heteroatoms. The Morgan fingerprint density at radius 3 is 2.65 bits per heavy atom. The van der Waals surface area contributed by atoms with Crippen LogP contribution in [-0.4, -0.2) is 31.9 Å². The minimum absolute atomic E-state index is 0.00890. The van der Waals surface area contributed by atoms with E-state index in [0.717, 1.165) is 5.56 Å². The number of nitrogens with one attached hydrogen (secondary N) is 1. The van der Waals surface area contributed by atoms with E-state index < -0.39 is 9.84 Å². The van der Waals surface area contributed by atoms with Gasteiger partial charge in [0.15, 0.2) is 0 Å². The molecule has 1 heterocycles. The zero-order chi connectivity index (χ0) is 14.6. The molecule has 4 nitrogen and oxygen atoms in total. The molecule has 110 valence electrons. The van der Waals surface area contributed by atoms with Crippen LogP contribution in [0.4, 0.5) is 0 Å². The van der Waals surface area contributed by atoms with Crippen LogP contribution in [0, 0.1) is 0 Å². The molecule has 1 aromatic rings. The van der Waals surface area contributed by atoms with E-state index in [9.17, 15) is 13.2 Å². The highest BCUT2D eigenvalue weighted by Gasteiger charge is 2.24. The third kappa shape index (κ3) is 4.80. The molecule has 1 fully saturated rings. The van der Waals surface area contributed by atoms with Gasteiger partial charge < -0.3 is 5.32 Å². The molecule has 0 saturated carbocycles. The van der Waals surface area contributed by atoms with E-state index in [-0.39, 0.29) is 23.5 Å². The van der Waals surface area contributed by atoms with Crippen LogP contribution in [0.5, 0.6) is 0 Å². The van der Waals surface area contributed by atoms with Crippen LogP contribution in [0.3, 0.4) is 0 Å². The first-order valence-electron chi connectivity index (χ1n) is 6.69. The smallest absolute Gasteiger partial charge is 0.220 e. The quantitative estimate of drug-likeness (QED) is 0.924. The second-order valence-electron chi connectivity index (χ2n) is 5.12. The van der Waals surface area contributed by atoms with Crippen molar-refractivity contribution in [3.8, 4) is 0 Å². The summed E-state index contributed by atoms with van der Waals surface area (Å²) in [5, 5.41) is 3.57. The first-order valence-corrected chi connectivity index (χ1v) is 8.89. The first-order chi connectivity index (χ1) is 9.44. The summed E-state index contributed by atoms with van der Waals surface area (Å²) in [6.07, 6.45) is 2.07. The summed E-state index contributed by atoms with van der Waals surface area (Å²) < 4.78 is 22.6. The first kappa shape index (κ1) is 15.3. The van der Waals surface area contributed by atoms with Gasteiger partial charge in [-0.1, -0.05) is 23.7 Å². The molecule has 0 radical (unpaired) electrons. The Bertz CT molecular complexity index is 572. The van der Waals surface area contributed by atoms with Crippen molar-refractivity contribution < 1.29 is 13.2 Å². The van der Waals surface area contributed by atoms with E-state index in [2.05, 4.69) is 5.32 Å². The summed E-state index contributed by atoms with van der Waals surface area (Å²) in [6.45, 7) is 0. The fourth-order valence-corrected chi connectivity index (χ4v) is 3.99. The van der Waals surface area contributed by atoms with Crippen molar-refractivity contribution in [1.82, 2.24) is 5.32 Å². The van der Waals surface area contributed by atoms with Crippen LogP contribution in [0.25, 0.3) is 0 Å². The van der Waals surface area contributed by atoms with Crippen LogP contribution >= 0.6 is 11.6 Å². The van der Waals surface area contributed by atoms with Gasteiger partial charge in [-0.3, -0.25) is 4.79 Å².